The molecule has 2 aromatic carbocycles. The molecule has 3 rings (SSSR count). The summed E-state index contributed by atoms with van der Waals surface area (Å²) in [5.74, 6) is 0. The summed E-state index contributed by atoms with van der Waals surface area (Å²) < 4.78 is 0. The van der Waals surface area contributed by atoms with Gasteiger partial charge in [-0.25, -0.2) is 0 Å². The highest BCUT2D eigenvalue weighted by molar-refractivity contribution is 5.75. The van der Waals surface area contributed by atoms with Gasteiger partial charge < -0.3 is 0 Å². The average Bonchev–Trinajstić information content (AvgIpc) is 2.39. The van der Waals surface area contributed by atoms with E-state index < -0.39 is 0 Å². The first-order valence-electron chi connectivity index (χ1n) is 7.25. The highest BCUT2D eigenvalue weighted by atomic mass is 14.5. The third kappa shape index (κ3) is 1.84. The van der Waals surface area contributed by atoms with Gasteiger partial charge in [0.1, 0.15) is 0 Å². The molecule has 1 saturated carbocycles. The van der Waals surface area contributed by atoms with E-state index in [0.717, 1.165) is 19.3 Å². The fourth-order valence-electron chi connectivity index (χ4n) is 3.33. The van der Waals surface area contributed by atoms with E-state index in [4.69, 9.17) is 0 Å². The van der Waals surface area contributed by atoms with Crippen LogP contribution >= 0.6 is 0 Å². The van der Waals surface area contributed by atoms with Gasteiger partial charge >= 0.3 is 0 Å². The van der Waals surface area contributed by atoms with Crippen LogP contribution in [0.1, 0.15) is 36.0 Å². The van der Waals surface area contributed by atoms with Crippen molar-refractivity contribution >= 4 is 0 Å². The van der Waals surface area contributed by atoms with E-state index in [1.807, 2.05) is 0 Å². The highest BCUT2D eigenvalue weighted by Gasteiger charge is 2.40. The Bertz CT molecular complexity index is 667. The predicted molar refractivity (Wildman–Crippen MR) is 82.5 cm³/mol. The second-order valence-electron chi connectivity index (χ2n) is 5.86. The van der Waals surface area contributed by atoms with Gasteiger partial charge in [0, 0.05) is 0 Å². The Morgan fingerprint density at radius 3 is 2.15 bits per heavy atom. The average molecular weight is 261 g/mol. The highest BCUT2D eigenvalue weighted by Crippen LogP contribution is 2.47. The van der Waals surface area contributed by atoms with Gasteiger partial charge in [-0.1, -0.05) is 42.5 Å². The van der Waals surface area contributed by atoms with Crippen LogP contribution in [-0.4, -0.2) is 0 Å². The number of hydrogen-bond donors (Lipinski definition) is 0. The molecule has 1 heteroatoms. The summed E-state index contributed by atoms with van der Waals surface area (Å²) in [5, 5.41) is 9.65. The molecule has 0 heterocycles. The molecule has 0 N–H and O–H groups in total. The second kappa shape index (κ2) is 4.80. The Morgan fingerprint density at radius 1 is 0.950 bits per heavy atom. The van der Waals surface area contributed by atoms with E-state index in [0.29, 0.717) is 0 Å². The van der Waals surface area contributed by atoms with Gasteiger partial charge in [-0.05, 0) is 60.9 Å². The van der Waals surface area contributed by atoms with Gasteiger partial charge in [0.05, 0.1) is 11.5 Å². The largest absolute Gasteiger partial charge is 0.197 e. The summed E-state index contributed by atoms with van der Waals surface area (Å²) in [4.78, 5) is 0. The summed E-state index contributed by atoms with van der Waals surface area (Å²) in [7, 11) is 0. The van der Waals surface area contributed by atoms with Crippen molar-refractivity contribution in [2.24, 2.45) is 0 Å². The normalized spacial score (nSPS) is 16.2. The lowest BCUT2D eigenvalue weighted by Crippen LogP contribution is -2.32. The van der Waals surface area contributed by atoms with Crippen molar-refractivity contribution in [1.29, 1.82) is 5.26 Å². The minimum absolute atomic E-state index is 0.259. The molecule has 0 saturated heterocycles. The zero-order valence-electron chi connectivity index (χ0n) is 12.1. The van der Waals surface area contributed by atoms with E-state index in [-0.39, 0.29) is 5.41 Å². The first kappa shape index (κ1) is 12.9. The summed E-state index contributed by atoms with van der Waals surface area (Å²) in [5.41, 5.74) is 6.06. The van der Waals surface area contributed by atoms with Gasteiger partial charge in [-0.2, -0.15) is 5.26 Å². The predicted octanol–water partition coefficient (Wildman–Crippen LogP) is 4.92. The fraction of sp³-hybridized carbons (Fsp3) is 0.316. The zero-order chi connectivity index (χ0) is 14.2. The molecular weight excluding hydrogens is 242 g/mol. The van der Waals surface area contributed by atoms with Crippen LogP contribution in [0.15, 0.2) is 42.5 Å². The molecule has 0 aromatic heterocycles. The number of nitriles is 1. The van der Waals surface area contributed by atoms with Crippen LogP contribution in [0.3, 0.4) is 0 Å². The molecule has 1 nitrogen and oxygen atoms in total. The molecule has 1 aliphatic rings. The maximum atomic E-state index is 9.65. The van der Waals surface area contributed by atoms with Gasteiger partial charge in [0.15, 0.2) is 0 Å². The van der Waals surface area contributed by atoms with E-state index in [1.54, 1.807) is 0 Å². The monoisotopic (exact) mass is 261 g/mol. The molecule has 1 aliphatic carbocycles. The summed E-state index contributed by atoms with van der Waals surface area (Å²) in [6, 6.07) is 17.4. The number of rotatable bonds is 2. The first-order chi connectivity index (χ1) is 9.68. The summed E-state index contributed by atoms with van der Waals surface area (Å²) in [6.07, 6.45) is 3.14. The number of aryl methyl sites for hydroxylation is 2. The standard InChI is InChI=1S/C19H19N/c1-14-7-5-8-15(2)18(14)16-9-3-4-10-17(16)19(13-20)11-6-12-19/h3-5,7-10H,6,11-12H2,1-2H3. The summed E-state index contributed by atoms with van der Waals surface area (Å²) in [6.45, 7) is 4.30. The van der Waals surface area contributed by atoms with Crippen LogP contribution in [0.4, 0.5) is 0 Å². The van der Waals surface area contributed by atoms with Crippen molar-refractivity contribution in [3.8, 4) is 17.2 Å². The quantitative estimate of drug-likeness (QED) is 0.753. The third-order valence-corrected chi connectivity index (χ3v) is 4.61. The molecule has 0 bridgehead atoms. The van der Waals surface area contributed by atoms with E-state index >= 15 is 0 Å². The van der Waals surface area contributed by atoms with Crippen molar-refractivity contribution in [1.82, 2.24) is 0 Å². The van der Waals surface area contributed by atoms with Crippen molar-refractivity contribution < 1.29 is 0 Å². The molecule has 0 radical (unpaired) electrons. The van der Waals surface area contributed by atoms with Crippen molar-refractivity contribution in [2.75, 3.05) is 0 Å². The fourth-order valence-corrected chi connectivity index (χ4v) is 3.33. The van der Waals surface area contributed by atoms with E-state index in [1.165, 1.54) is 27.8 Å². The molecular formula is C19H19N. The molecule has 100 valence electrons. The summed E-state index contributed by atoms with van der Waals surface area (Å²) >= 11 is 0. The van der Waals surface area contributed by atoms with E-state index in [2.05, 4.69) is 62.4 Å². The van der Waals surface area contributed by atoms with Crippen LogP contribution in [0, 0.1) is 25.2 Å². The van der Waals surface area contributed by atoms with Gasteiger partial charge in [0.2, 0.25) is 0 Å². The lowest BCUT2D eigenvalue weighted by atomic mass is 9.63. The topological polar surface area (TPSA) is 23.8 Å². The van der Waals surface area contributed by atoms with Crippen molar-refractivity contribution in [2.45, 2.75) is 38.5 Å². The SMILES string of the molecule is Cc1cccc(C)c1-c1ccccc1C1(C#N)CCC1. The minimum atomic E-state index is -0.259. The van der Waals surface area contributed by atoms with Crippen LogP contribution in [0.5, 0.6) is 0 Å². The number of benzene rings is 2. The van der Waals surface area contributed by atoms with Gasteiger partial charge in [-0.3, -0.25) is 0 Å². The molecule has 0 spiro atoms. The Morgan fingerprint density at radius 2 is 1.60 bits per heavy atom. The smallest absolute Gasteiger partial charge is 0.0828 e. The lowest BCUT2D eigenvalue weighted by Gasteiger charge is -2.37. The van der Waals surface area contributed by atoms with Crippen molar-refractivity contribution in [3.05, 3.63) is 59.2 Å². The second-order valence-corrected chi connectivity index (χ2v) is 5.86. The molecule has 0 unspecified atom stereocenters. The Labute approximate surface area is 120 Å². The van der Waals surface area contributed by atoms with Gasteiger partial charge in [0.25, 0.3) is 0 Å². The molecule has 0 atom stereocenters. The molecule has 0 amide bonds. The Kier molecular flexibility index (Phi) is 3.10. The molecule has 0 aliphatic heterocycles. The Balaban J connectivity index is 2.24. The zero-order valence-corrected chi connectivity index (χ0v) is 12.1. The van der Waals surface area contributed by atoms with E-state index in [9.17, 15) is 5.26 Å². The number of nitrogens with zero attached hydrogens (tertiary/aromatic N) is 1. The van der Waals surface area contributed by atoms with Crippen LogP contribution in [-0.2, 0) is 5.41 Å². The molecule has 2 aromatic rings. The molecule has 20 heavy (non-hydrogen) atoms. The third-order valence-electron chi connectivity index (χ3n) is 4.61. The van der Waals surface area contributed by atoms with Crippen LogP contribution in [0.2, 0.25) is 0 Å². The number of hydrogen-bond acceptors (Lipinski definition) is 1. The maximum absolute atomic E-state index is 9.65. The van der Waals surface area contributed by atoms with Crippen LogP contribution in [0.25, 0.3) is 11.1 Å². The lowest BCUT2D eigenvalue weighted by molar-refractivity contribution is 0.325. The first-order valence-corrected chi connectivity index (χ1v) is 7.25. The van der Waals surface area contributed by atoms with Crippen LogP contribution < -0.4 is 0 Å². The molecule has 1 fully saturated rings. The van der Waals surface area contributed by atoms with Crippen molar-refractivity contribution in [3.63, 3.8) is 0 Å². The van der Waals surface area contributed by atoms with Gasteiger partial charge in [-0.15, -0.1) is 0 Å². The maximum Gasteiger partial charge on any atom is 0.0828 e. The minimum Gasteiger partial charge on any atom is -0.197 e. The Hall–Kier alpha value is -2.07.